The van der Waals surface area contributed by atoms with Crippen LogP contribution in [0.2, 0.25) is 0 Å². The van der Waals surface area contributed by atoms with E-state index in [1.807, 2.05) is 0 Å². The number of nitrogens with two attached hydrogens (primary N) is 1. The van der Waals surface area contributed by atoms with Gasteiger partial charge in [-0.2, -0.15) is 0 Å². The maximum Gasteiger partial charge on any atom is 0.165 e. The number of hydrogen-bond donors (Lipinski definition) is 2. The molecule has 0 bridgehead atoms. The molecule has 0 heterocycles. The van der Waals surface area contributed by atoms with Gasteiger partial charge in [0, 0.05) is 11.6 Å². The Morgan fingerprint density at radius 1 is 1.53 bits per heavy atom. The third-order valence-electron chi connectivity index (χ3n) is 2.10. The number of para-hydroxylation sites is 1. The lowest BCUT2D eigenvalue weighted by atomic mass is 10.0. The average molecular weight is 232 g/mol. The molecule has 1 atom stereocenters. The molecule has 3 N–H and O–H groups in total. The van der Waals surface area contributed by atoms with E-state index in [1.54, 1.807) is 12.1 Å². The van der Waals surface area contributed by atoms with Crippen LogP contribution in [0.15, 0.2) is 30.9 Å². The molecule has 1 aromatic rings. The summed E-state index contributed by atoms with van der Waals surface area (Å²) in [5.41, 5.74) is 6.23. The molecule has 0 unspecified atom stereocenters. The summed E-state index contributed by atoms with van der Waals surface area (Å²) in [7, 11) is 0. The van der Waals surface area contributed by atoms with Gasteiger partial charge in [-0.25, -0.2) is 4.39 Å². The molecule has 0 aliphatic rings. The van der Waals surface area contributed by atoms with E-state index < -0.39 is 5.82 Å². The molecule has 4 heteroatoms. The highest BCUT2D eigenvalue weighted by Gasteiger charge is 2.12. The van der Waals surface area contributed by atoms with Crippen molar-refractivity contribution in [1.29, 1.82) is 0 Å². The van der Waals surface area contributed by atoms with Crippen LogP contribution in [0.1, 0.15) is 24.4 Å². The average Bonchev–Trinajstić information content (AvgIpc) is 2.18. The fourth-order valence-electron chi connectivity index (χ4n) is 1.28. The van der Waals surface area contributed by atoms with Gasteiger partial charge in [-0.1, -0.05) is 18.2 Å². The maximum absolute atomic E-state index is 12.9. The molecular formula is C11H15ClFNO. The molecule has 0 aromatic heterocycles. The van der Waals surface area contributed by atoms with Crippen LogP contribution in [0.25, 0.3) is 0 Å². The third kappa shape index (κ3) is 3.53. The van der Waals surface area contributed by atoms with Gasteiger partial charge in [0.15, 0.2) is 11.6 Å². The Kier molecular flexibility index (Phi) is 5.97. The minimum atomic E-state index is -0.628. The molecule has 0 spiro atoms. The highest BCUT2D eigenvalue weighted by molar-refractivity contribution is 5.85. The molecular weight excluding hydrogens is 217 g/mol. The molecule has 1 rings (SSSR count). The largest absolute Gasteiger partial charge is 0.505 e. The van der Waals surface area contributed by atoms with Gasteiger partial charge in [0.1, 0.15) is 0 Å². The summed E-state index contributed by atoms with van der Waals surface area (Å²) in [5.74, 6) is -0.972. The summed E-state index contributed by atoms with van der Waals surface area (Å²) in [4.78, 5) is 0. The number of allylic oxidation sites excluding steroid dienone is 1. The second-order valence-electron chi connectivity index (χ2n) is 3.15. The van der Waals surface area contributed by atoms with Crippen molar-refractivity contribution in [3.8, 4) is 5.75 Å². The van der Waals surface area contributed by atoms with Crippen molar-refractivity contribution >= 4 is 12.4 Å². The summed E-state index contributed by atoms with van der Waals surface area (Å²) in [6.07, 6.45) is 3.15. The van der Waals surface area contributed by atoms with Crippen LogP contribution in [0, 0.1) is 5.82 Å². The Morgan fingerprint density at radius 3 is 2.80 bits per heavy atom. The molecule has 0 fully saturated rings. The van der Waals surface area contributed by atoms with Crippen molar-refractivity contribution in [2.45, 2.75) is 18.9 Å². The van der Waals surface area contributed by atoms with Gasteiger partial charge >= 0.3 is 0 Å². The van der Waals surface area contributed by atoms with Gasteiger partial charge in [-0.15, -0.1) is 19.0 Å². The minimum Gasteiger partial charge on any atom is -0.505 e. The van der Waals surface area contributed by atoms with E-state index in [-0.39, 0.29) is 24.2 Å². The number of halogens is 2. The lowest BCUT2D eigenvalue weighted by Gasteiger charge is -2.12. The first-order chi connectivity index (χ1) is 6.66. The van der Waals surface area contributed by atoms with Gasteiger partial charge in [0.05, 0.1) is 0 Å². The first-order valence-corrected chi connectivity index (χ1v) is 4.50. The highest BCUT2D eigenvalue weighted by atomic mass is 35.5. The SMILES string of the molecule is C=CCC[C@@H](N)c1cccc(F)c1O.Cl. The van der Waals surface area contributed by atoms with Crippen LogP contribution in [0.4, 0.5) is 4.39 Å². The monoisotopic (exact) mass is 231 g/mol. The second-order valence-corrected chi connectivity index (χ2v) is 3.15. The van der Waals surface area contributed by atoms with E-state index in [9.17, 15) is 9.50 Å². The number of phenols is 1. The minimum absolute atomic E-state index is 0. The van der Waals surface area contributed by atoms with Crippen LogP contribution >= 0.6 is 12.4 Å². The summed E-state index contributed by atoms with van der Waals surface area (Å²) >= 11 is 0. The number of hydrogen-bond acceptors (Lipinski definition) is 2. The molecule has 0 amide bonds. The number of benzene rings is 1. The maximum atomic E-state index is 12.9. The first kappa shape index (κ1) is 13.9. The summed E-state index contributed by atoms with van der Waals surface area (Å²) in [5, 5.41) is 9.39. The van der Waals surface area contributed by atoms with Crippen molar-refractivity contribution in [3.05, 3.63) is 42.2 Å². The molecule has 0 aliphatic carbocycles. The Hall–Kier alpha value is -1.06. The Bertz CT molecular complexity index is 330. The van der Waals surface area contributed by atoms with Crippen LogP contribution in [-0.2, 0) is 0 Å². The smallest absolute Gasteiger partial charge is 0.165 e. The van der Waals surface area contributed by atoms with Gasteiger partial charge in [-0.05, 0) is 18.9 Å². The van der Waals surface area contributed by atoms with Gasteiger partial charge in [0.25, 0.3) is 0 Å². The lowest BCUT2D eigenvalue weighted by Crippen LogP contribution is -2.10. The zero-order valence-corrected chi connectivity index (χ0v) is 9.14. The van der Waals surface area contributed by atoms with Gasteiger partial charge in [0.2, 0.25) is 0 Å². The summed E-state index contributed by atoms with van der Waals surface area (Å²) in [6, 6.07) is 4.03. The summed E-state index contributed by atoms with van der Waals surface area (Å²) in [6.45, 7) is 3.57. The molecule has 0 aliphatic heterocycles. The Morgan fingerprint density at radius 2 is 2.20 bits per heavy atom. The van der Waals surface area contributed by atoms with Crippen molar-refractivity contribution in [3.63, 3.8) is 0 Å². The number of phenolic OH excluding ortho intramolecular Hbond substituents is 1. The quantitative estimate of drug-likeness (QED) is 0.783. The van der Waals surface area contributed by atoms with E-state index in [0.29, 0.717) is 12.0 Å². The zero-order chi connectivity index (χ0) is 10.6. The second kappa shape index (κ2) is 6.43. The van der Waals surface area contributed by atoms with Crippen LogP contribution < -0.4 is 5.73 Å². The van der Waals surface area contributed by atoms with Crippen LogP contribution in [0.5, 0.6) is 5.75 Å². The zero-order valence-electron chi connectivity index (χ0n) is 8.32. The molecule has 0 saturated carbocycles. The van der Waals surface area contributed by atoms with E-state index in [1.165, 1.54) is 12.1 Å². The van der Waals surface area contributed by atoms with E-state index >= 15 is 0 Å². The molecule has 2 nitrogen and oxygen atoms in total. The predicted molar refractivity (Wildman–Crippen MR) is 61.7 cm³/mol. The van der Waals surface area contributed by atoms with Crippen molar-refractivity contribution in [2.24, 2.45) is 5.73 Å². The van der Waals surface area contributed by atoms with Crippen molar-refractivity contribution in [2.75, 3.05) is 0 Å². The fourth-order valence-corrected chi connectivity index (χ4v) is 1.28. The predicted octanol–water partition coefficient (Wildman–Crippen LogP) is 2.92. The van der Waals surface area contributed by atoms with Gasteiger partial charge in [-0.3, -0.25) is 0 Å². The van der Waals surface area contributed by atoms with E-state index in [4.69, 9.17) is 5.73 Å². The molecule has 84 valence electrons. The molecule has 0 saturated heterocycles. The van der Waals surface area contributed by atoms with Gasteiger partial charge < -0.3 is 10.8 Å². The molecule has 0 radical (unpaired) electrons. The summed E-state index contributed by atoms with van der Waals surface area (Å²) < 4.78 is 12.9. The fraction of sp³-hybridized carbons (Fsp3) is 0.273. The number of rotatable bonds is 4. The normalized spacial score (nSPS) is 11.6. The number of aromatic hydroxyl groups is 1. The highest BCUT2D eigenvalue weighted by Crippen LogP contribution is 2.27. The van der Waals surface area contributed by atoms with Crippen molar-refractivity contribution in [1.82, 2.24) is 0 Å². The van der Waals surface area contributed by atoms with E-state index in [0.717, 1.165) is 6.42 Å². The third-order valence-corrected chi connectivity index (χ3v) is 2.10. The standard InChI is InChI=1S/C11H14FNO.ClH/c1-2-3-7-10(13)8-5-4-6-9(12)11(8)14;/h2,4-6,10,14H,1,3,7,13H2;1H/t10-;/m1./s1. The van der Waals surface area contributed by atoms with Crippen molar-refractivity contribution < 1.29 is 9.50 Å². The molecule has 15 heavy (non-hydrogen) atoms. The first-order valence-electron chi connectivity index (χ1n) is 4.50. The topological polar surface area (TPSA) is 46.2 Å². The Balaban J connectivity index is 0.00000196. The Labute approximate surface area is 95.0 Å². The van der Waals surface area contributed by atoms with E-state index in [2.05, 4.69) is 6.58 Å². The molecule has 1 aromatic carbocycles. The van der Waals surface area contributed by atoms with Crippen LogP contribution in [-0.4, -0.2) is 5.11 Å². The lowest BCUT2D eigenvalue weighted by molar-refractivity contribution is 0.419. The van der Waals surface area contributed by atoms with Crippen LogP contribution in [0.3, 0.4) is 0 Å².